The minimum Gasteiger partial charge on any atom is -0.444 e. The molecular weight excluding hydrogens is 763 g/mol. The first-order valence-electron chi connectivity index (χ1n) is 21.4. The Morgan fingerprint density at radius 1 is 1.02 bits per heavy atom. The number of amides is 5. The van der Waals surface area contributed by atoms with Crippen molar-refractivity contribution in [3.63, 3.8) is 0 Å². The summed E-state index contributed by atoms with van der Waals surface area (Å²) in [6.45, 7) is 20.6. The molecular formula is C47H67N5O8. The summed E-state index contributed by atoms with van der Waals surface area (Å²) < 4.78 is 6.01. The molecule has 3 aliphatic heterocycles. The van der Waals surface area contributed by atoms with Gasteiger partial charge in [0, 0.05) is 64.2 Å². The van der Waals surface area contributed by atoms with Crippen LogP contribution in [0.5, 0.6) is 0 Å². The number of nitrogens with zero attached hydrogens (tertiary/aromatic N) is 3. The van der Waals surface area contributed by atoms with E-state index < -0.39 is 76.4 Å². The second-order valence-electron chi connectivity index (χ2n) is 19.7. The molecule has 2 saturated heterocycles. The normalized spacial score (nSPS) is 20.5. The van der Waals surface area contributed by atoms with Gasteiger partial charge in [-0.25, -0.2) is 9.59 Å². The number of likely N-dealkylation sites (tertiary alicyclic amines) is 2. The van der Waals surface area contributed by atoms with Crippen LogP contribution in [0.25, 0.3) is 0 Å². The fourth-order valence-corrected chi connectivity index (χ4v) is 8.11. The molecule has 60 heavy (non-hydrogen) atoms. The van der Waals surface area contributed by atoms with E-state index in [2.05, 4.69) is 37.0 Å². The highest BCUT2D eigenvalue weighted by atomic mass is 16.6. The Kier molecular flexibility index (Phi) is 15.9. The number of ketones is 3. The van der Waals surface area contributed by atoms with Crippen molar-refractivity contribution in [3.8, 4) is 12.3 Å². The van der Waals surface area contributed by atoms with Gasteiger partial charge in [-0.2, -0.15) is 0 Å². The van der Waals surface area contributed by atoms with E-state index in [-0.39, 0.29) is 50.0 Å². The first-order valence-corrected chi connectivity index (χ1v) is 21.4. The van der Waals surface area contributed by atoms with E-state index in [0.717, 1.165) is 17.5 Å². The number of piperidine rings is 1. The second kappa shape index (κ2) is 20.0. The van der Waals surface area contributed by atoms with Crippen molar-refractivity contribution >= 4 is 41.3 Å². The summed E-state index contributed by atoms with van der Waals surface area (Å²) in [5.74, 6) is -0.826. The molecule has 0 radical (unpaired) electrons. The van der Waals surface area contributed by atoms with Crippen LogP contribution in [0.1, 0.15) is 118 Å². The average Bonchev–Trinajstić information content (AvgIpc) is 3.60. The SMILES string of the molecule is C#CCCC(CC(=O)[C@@H]1C[C@@H](OC(=O)N2CCc3ccccc3C2)CN1C(=O)[C@@H](NC(=O)N[C@H](CN1CCC(C)(C)CC1=O)C(C)(C)C)C(C)(C)C)C(=O)C(=O)CCC=C. The molecule has 1 aromatic rings. The van der Waals surface area contributed by atoms with Crippen LogP contribution >= 0.6 is 0 Å². The van der Waals surface area contributed by atoms with E-state index in [9.17, 15) is 33.6 Å². The van der Waals surface area contributed by atoms with Crippen LogP contribution in [0.3, 0.4) is 0 Å². The van der Waals surface area contributed by atoms with E-state index in [1.54, 1.807) is 30.6 Å². The molecule has 0 aromatic heterocycles. The third-order valence-corrected chi connectivity index (χ3v) is 12.1. The molecule has 0 saturated carbocycles. The fourth-order valence-electron chi connectivity index (χ4n) is 8.11. The van der Waals surface area contributed by atoms with E-state index in [4.69, 9.17) is 11.2 Å². The molecule has 328 valence electrons. The minimum atomic E-state index is -1.14. The zero-order valence-electron chi connectivity index (χ0n) is 37.1. The maximum absolute atomic E-state index is 14.8. The van der Waals surface area contributed by atoms with E-state index in [1.807, 2.05) is 45.0 Å². The lowest BCUT2D eigenvalue weighted by molar-refractivity contribution is -0.143. The molecule has 1 unspecified atom stereocenters. The Morgan fingerprint density at radius 2 is 1.70 bits per heavy atom. The Bertz CT molecular complexity index is 1830. The van der Waals surface area contributed by atoms with Gasteiger partial charge in [0.05, 0.1) is 18.6 Å². The number of hydrogen-bond acceptors (Lipinski definition) is 8. The van der Waals surface area contributed by atoms with Crippen molar-refractivity contribution in [2.24, 2.45) is 22.2 Å². The van der Waals surface area contributed by atoms with Crippen LogP contribution in [0.15, 0.2) is 36.9 Å². The number of urea groups is 1. The van der Waals surface area contributed by atoms with Crippen LogP contribution in [0.4, 0.5) is 9.59 Å². The highest BCUT2D eigenvalue weighted by molar-refractivity contribution is 6.38. The third kappa shape index (κ3) is 12.8. The topological polar surface area (TPSA) is 162 Å². The smallest absolute Gasteiger partial charge is 0.410 e. The first-order chi connectivity index (χ1) is 28.0. The van der Waals surface area contributed by atoms with Gasteiger partial charge in [0.2, 0.25) is 17.6 Å². The molecule has 4 rings (SSSR count). The number of benzene rings is 1. The maximum Gasteiger partial charge on any atom is 0.410 e. The van der Waals surface area contributed by atoms with Gasteiger partial charge < -0.3 is 30.1 Å². The van der Waals surface area contributed by atoms with Gasteiger partial charge in [0.25, 0.3) is 0 Å². The van der Waals surface area contributed by atoms with Crippen molar-refractivity contribution in [2.75, 3.05) is 26.2 Å². The van der Waals surface area contributed by atoms with Crippen LogP contribution < -0.4 is 10.6 Å². The standard InChI is InChI=1S/C47H67N5O8/c1-11-13-17-32(40(56)36(53)20-14-12-2)25-37(54)35-26-34(60-44(59)51-23-21-31-18-15-16-19-33(31)28-51)29-52(35)42(57)41(46(6,7)8)49-43(58)48-38(45(3,4)5)30-50-24-22-47(9,10)27-39(50)55/h1,12,15-16,18-19,32,34-35,38,41H,2,13-14,17,20-30H2,3-10H3,(H2,48,49,58)/t32?,34-,35+,38-,41-/m1/s1. The van der Waals surface area contributed by atoms with Crippen molar-refractivity contribution in [1.29, 1.82) is 0 Å². The zero-order valence-corrected chi connectivity index (χ0v) is 37.1. The molecule has 5 atom stereocenters. The molecule has 13 heteroatoms. The lowest BCUT2D eigenvalue weighted by Gasteiger charge is -2.41. The van der Waals surface area contributed by atoms with Crippen LogP contribution in [-0.2, 0) is 41.7 Å². The van der Waals surface area contributed by atoms with Crippen molar-refractivity contribution < 1.29 is 38.3 Å². The number of hydrogen-bond donors (Lipinski definition) is 2. The Balaban J connectivity index is 1.58. The van der Waals surface area contributed by atoms with Crippen LogP contribution in [0.2, 0.25) is 0 Å². The Hall–Kier alpha value is -4.99. The lowest BCUT2D eigenvalue weighted by atomic mass is 9.81. The minimum absolute atomic E-state index is 0.0277. The zero-order chi connectivity index (χ0) is 44.6. The van der Waals surface area contributed by atoms with Crippen molar-refractivity contribution in [2.45, 2.75) is 144 Å². The summed E-state index contributed by atoms with van der Waals surface area (Å²) >= 11 is 0. The molecule has 1 aromatic carbocycles. The number of allylic oxidation sites excluding steroid dienone is 1. The average molecular weight is 830 g/mol. The number of Topliss-reactive ketones (excluding diaryl/α,β-unsaturated/α-hetero) is 3. The summed E-state index contributed by atoms with van der Waals surface area (Å²) in [4.78, 5) is 101. The van der Waals surface area contributed by atoms with Crippen molar-refractivity contribution in [1.82, 2.24) is 25.3 Å². The van der Waals surface area contributed by atoms with Gasteiger partial charge in [-0.05, 0) is 53.1 Å². The summed E-state index contributed by atoms with van der Waals surface area (Å²) in [6.07, 6.45) is 7.70. The molecule has 5 amide bonds. The number of carbonyl (C=O) groups excluding carboxylic acids is 7. The molecule has 3 heterocycles. The monoisotopic (exact) mass is 829 g/mol. The Morgan fingerprint density at radius 3 is 2.32 bits per heavy atom. The molecule has 13 nitrogen and oxygen atoms in total. The Labute approximate surface area is 356 Å². The molecule has 2 N–H and O–H groups in total. The largest absolute Gasteiger partial charge is 0.444 e. The number of rotatable bonds is 16. The summed E-state index contributed by atoms with van der Waals surface area (Å²) in [6, 6.07) is 4.54. The van der Waals surface area contributed by atoms with E-state index in [1.165, 1.54) is 11.0 Å². The highest BCUT2D eigenvalue weighted by Crippen LogP contribution is 2.33. The van der Waals surface area contributed by atoms with Gasteiger partial charge in [0.1, 0.15) is 12.1 Å². The molecule has 0 aliphatic carbocycles. The molecule has 3 aliphatic rings. The molecule has 0 bridgehead atoms. The van der Waals surface area contributed by atoms with Crippen LogP contribution in [0, 0.1) is 34.5 Å². The molecule has 2 fully saturated rings. The lowest BCUT2D eigenvalue weighted by Crippen LogP contribution is -2.61. The summed E-state index contributed by atoms with van der Waals surface area (Å²) in [7, 11) is 0. The third-order valence-electron chi connectivity index (χ3n) is 12.1. The first kappa shape index (κ1) is 47.7. The summed E-state index contributed by atoms with van der Waals surface area (Å²) in [5.41, 5.74) is 0.769. The second-order valence-corrected chi connectivity index (χ2v) is 19.7. The summed E-state index contributed by atoms with van der Waals surface area (Å²) in [5, 5.41) is 5.94. The van der Waals surface area contributed by atoms with Gasteiger partial charge in [0.15, 0.2) is 11.6 Å². The van der Waals surface area contributed by atoms with Gasteiger partial charge in [-0.3, -0.25) is 24.0 Å². The van der Waals surface area contributed by atoms with E-state index in [0.29, 0.717) is 45.4 Å². The van der Waals surface area contributed by atoms with Gasteiger partial charge >= 0.3 is 12.1 Å². The van der Waals surface area contributed by atoms with Gasteiger partial charge in [-0.1, -0.05) is 85.7 Å². The number of fused-ring (bicyclic) bond motifs is 1. The van der Waals surface area contributed by atoms with Crippen LogP contribution in [-0.4, -0.2) is 106 Å². The van der Waals surface area contributed by atoms with Crippen molar-refractivity contribution in [3.05, 3.63) is 48.0 Å². The van der Waals surface area contributed by atoms with E-state index >= 15 is 0 Å². The predicted octanol–water partition coefficient (Wildman–Crippen LogP) is 6.02. The maximum atomic E-state index is 14.8. The van der Waals surface area contributed by atoms with Gasteiger partial charge in [-0.15, -0.1) is 18.9 Å². The highest BCUT2D eigenvalue weighted by Gasteiger charge is 2.47. The number of carbonyl (C=O) groups is 7. The quantitative estimate of drug-likeness (QED) is 0.116. The molecule has 0 spiro atoms. The fraction of sp³-hybridized carbons (Fsp3) is 0.638. The number of terminal acetylenes is 1. The number of ether oxygens (including phenoxy) is 1. The predicted molar refractivity (Wildman–Crippen MR) is 229 cm³/mol. The number of nitrogens with one attached hydrogen (secondary N) is 2.